The lowest BCUT2D eigenvalue weighted by atomic mass is 10.1. The van der Waals surface area contributed by atoms with Crippen LogP contribution >= 0.6 is 15.9 Å². The normalized spacial score (nSPS) is 10.3. The number of hydrogen-bond donors (Lipinski definition) is 1. The van der Waals surface area contributed by atoms with Crippen molar-refractivity contribution >= 4 is 21.9 Å². The van der Waals surface area contributed by atoms with Gasteiger partial charge in [-0.1, -0.05) is 15.9 Å². The van der Waals surface area contributed by atoms with Crippen LogP contribution < -0.4 is 4.74 Å². The number of hydrogen-bond acceptors (Lipinski definition) is 2. The molecule has 1 N–H and O–H groups in total. The molecule has 0 unspecified atom stereocenters. The van der Waals surface area contributed by atoms with Gasteiger partial charge in [0.1, 0.15) is 18.2 Å². The number of carboxylic acids is 1. The fourth-order valence-electron chi connectivity index (χ4n) is 1.79. The van der Waals surface area contributed by atoms with E-state index in [2.05, 4.69) is 15.9 Å². The van der Waals surface area contributed by atoms with Crippen molar-refractivity contribution in [3.8, 4) is 5.75 Å². The summed E-state index contributed by atoms with van der Waals surface area (Å²) < 4.78 is 19.9. The summed E-state index contributed by atoms with van der Waals surface area (Å²) in [6.07, 6.45) is 0. The van der Waals surface area contributed by atoms with E-state index in [4.69, 9.17) is 9.84 Å². The smallest absolute Gasteiger partial charge is 0.335 e. The first-order chi connectivity index (χ1) is 9.45. The summed E-state index contributed by atoms with van der Waals surface area (Å²) in [5.41, 5.74) is 1.33. The molecule has 0 radical (unpaired) electrons. The molecule has 0 heterocycles. The van der Waals surface area contributed by atoms with Crippen LogP contribution in [0.4, 0.5) is 4.39 Å². The molecule has 0 amide bonds. The molecule has 0 aromatic heterocycles. The minimum atomic E-state index is -1.16. The van der Waals surface area contributed by atoms with Crippen LogP contribution in [0.3, 0.4) is 0 Å². The Balaban J connectivity index is 2.16. The van der Waals surface area contributed by atoms with Crippen molar-refractivity contribution in [1.82, 2.24) is 0 Å². The Morgan fingerprint density at radius 1 is 1.30 bits per heavy atom. The zero-order valence-corrected chi connectivity index (χ0v) is 12.3. The number of rotatable bonds is 4. The monoisotopic (exact) mass is 338 g/mol. The lowest BCUT2D eigenvalue weighted by Crippen LogP contribution is -2.02. The maximum absolute atomic E-state index is 13.3. The van der Waals surface area contributed by atoms with Gasteiger partial charge in [0.15, 0.2) is 0 Å². The van der Waals surface area contributed by atoms with Crippen molar-refractivity contribution in [2.45, 2.75) is 13.5 Å². The number of ether oxygens (including phenoxy) is 1. The molecule has 0 atom stereocenters. The molecule has 5 heteroatoms. The Kier molecular flexibility index (Phi) is 4.39. The number of halogens is 2. The first kappa shape index (κ1) is 14.5. The summed E-state index contributed by atoms with van der Waals surface area (Å²) in [6, 6.07) is 9.20. The van der Waals surface area contributed by atoms with E-state index < -0.39 is 11.8 Å². The standard InChI is InChI=1S/C15H12BrFO3/c1-9-4-12(16)2-3-14(9)20-8-10-5-11(15(18)19)7-13(17)6-10/h2-7H,8H2,1H3,(H,18,19). The van der Waals surface area contributed by atoms with Crippen LogP contribution in [0, 0.1) is 12.7 Å². The highest BCUT2D eigenvalue weighted by Crippen LogP contribution is 2.23. The second-order valence-electron chi connectivity index (χ2n) is 4.35. The van der Waals surface area contributed by atoms with Gasteiger partial charge in [-0.15, -0.1) is 0 Å². The fourth-order valence-corrected chi connectivity index (χ4v) is 2.27. The van der Waals surface area contributed by atoms with Crippen molar-refractivity contribution in [3.05, 3.63) is 63.4 Å². The Morgan fingerprint density at radius 2 is 2.05 bits per heavy atom. The molecule has 0 aliphatic heterocycles. The molecule has 0 spiro atoms. The topological polar surface area (TPSA) is 46.5 Å². The number of aryl methyl sites for hydroxylation is 1. The zero-order valence-electron chi connectivity index (χ0n) is 10.7. The summed E-state index contributed by atoms with van der Waals surface area (Å²) in [5.74, 6) is -1.07. The first-order valence-electron chi connectivity index (χ1n) is 5.87. The molecule has 0 bridgehead atoms. The third-order valence-corrected chi connectivity index (χ3v) is 3.23. The third kappa shape index (κ3) is 3.57. The lowest BCUT2D eigenvalue weighted by molar-refractivity contribution is 0.0696. The fraction of sp³-hybridized carbons (Fsp3) is 0.133. The van der Waals surface area contributed by atoms with E-state index in [9.17, 15) is 9.18 Å². The van der Waals surface area contributed by atoms with Crippen molar-refractivity contribution in [1.29, 1.82) is 0 Å². The van der Waals surface area contributed by atoms with E-state index in [1.165, 1.54) is 12.1 Å². The predicted octanol–water partition coefficient (Wildman–Crippen LogP) is 4.17. The van der Waals surface area contributed by atoms with E-state index in [0.717, 1.165) is 16.1 Å². The van der Waals surface area contributed by atoms with Crippen molar-refractivity contribution in [3.63, 3.8) is 0 Å². The van der Waals surface area contributed by atoms with Gasteiger partial charge in [-0.3, -0.25) is 0 Å². The molecular weight excluding hydrogens is 327 g/mol. The van der Waals surface area contributed by atoms with Gasteiger partial charge < -0.3 is 9.84 Å². The number of benzene rings is 2. The van der Waals surface area contributed by atoms with Crippen LogP contribution in [0.1, 0.15) is 21.5 Å². The van der Waals surface area contributed by atoms with Gasteiger partial charge in [0, 0.05) is 4.47 Å². The first-order valence-corrected chi connectivity index (χ1v) is 6.67. The Labute approximate surface area is 124 Å². The molecule has 0 aliphatic carbocycles. The van der Waals surface area contributed by atoms with Crippen LogP contribution in [0.2, 0.25) is 0 Å². The average Bonchev–Trinajstić information content (AvgIpc) is 2.37. The Bertz CT molecular complexity index is 656. The SMILES string of the molecule is Cc1cc(Br)ccc1OCc1cc(F)cc(C(=O)O)c1. The van der Waals surface area contributed by atoms with Crippen molar-refractivity contribution in [2.75, 3.05) is 0 Å². The molecule has 20 heavy (non-hydrogen) atoms. The van der Waals surface area contributed by atoms with Gasteiger partial charge in [-0.2, -0.15) is 0 Å². The largest absolute Gasteiger partial charge is 0.489 e. The van der Waals surface area contributed by atoms with Crippen LogP contribution in [0.5, 0.6) is 5.75 Å². The van der Waals surface area contributed by atoms with Gasteiger partial charge >= 0.3 is 5.97 Å². The van der Waals surface area contributed by atoms with Crippen molar-refractivity contribution < 1.29 is 19.0 Å². The summed E-state index contributed by atoms with van der Waals surface area (Å²) in [6.45, 7) is 2.01. The van der Waals surface area contributed by atoms with E-state index >= 15 is 0 Å². The Hall–Kier alpha value is -1.88. The number of carboxylic acid groups (broad SMARTS) is 1. The van der Waals surface area contributed by atoms with Gasteiger partial charge in [0.25, 0.3) is 0 Å². The van der Waals surface area contributed by atoms with E-state index in [1.54, 1.807) is 6.07 Å². The minimum absolute atomic E-state index is 0.0869. The molecule has 0 saturated heterocycles. The Morgan fingerprint density at radius 3 is 2.70 bits per heavy atom. The summed E-state index contributed by atoms with van der Waals surface area (Å²) in [4.78, 5) is 10.9. The molecule has 2 aromatic carbocycles. The van der Waals surface area contributed by atoms with Crippen LogP contribution in [-0.4, -0.2) is 11.1 Å². The van der Waals surface area contributed by atoms with Gasteiger partial charge in [0.05, 0.1) is 5.56 Å². The van der Waals surface area contributed by atoms with Crippen LogP contribution in [0.15, 0.2) is 40.9 Å². The van der Waals surface area contributed by atoms with E-state index in [0.29, 0.717) is 11.3 Å². The molecule has 2 rings (SSSR count). The van der Waals surface area contributed by atoms with Gasteiger partial charge in [-0.25, -0.2) is 9.18 Å². The zero-order chi connectivity index (χ0) is 14.7. The maximum atomic E-state index is 13.3. The van der Waals surface area contributed by atoms with Gasteiger partial charge in [-0.05, 0) is 54.4 Å². The molecule has 0 aliphatic rings. The molecule has 2 aromatic rings. The molecule has 104 valence electrons. The van der Waals surface area contributed by atoms with Crippen LogP contribution in [0.25, 0.3) is 0 Å². The summed E-state index contributed by atoms with van der Waals surface area (Å²) in [5, 5.41) is 8.88. The second kappa shape index (κ2) is 6.05. The van der Waals surface area contributed by atoms with E-state index in [-0.39, 0.29) is 12.2 Å². The molecule has 0 fully saturated rings. The number of aromatic carboxylic acids is 1. The third-order valence-electron chi connectivity index (χ3n) is 2.74. The molecular formula is C15H12BrFO3. The summed E-state index contributed by atoms with van der Waals surface area (Å²) in [7, 11) is 0. The highest BCUT2D eigenvalue weighted by Gasteiger charge is 2.08. The quantitative estimate of drug-likeness (QED) is 0.909. The summed E-state index contributed by atoms with van der Waals surface area (Å²) >= 11 is 3.36. The lowest BCUT2D eigenvalue weighted by Gasteiger charge is -2.10. The number of carbonyl (C=O) groups is 1. The van der Waals surface area contributed by atoms with Gasteiger partial charge in [0.2, 0.25) is 0 Å². The second-order valence-corrected chi connectivity index (χ2v) is 5.27. The van der Waals surface area contributed by atoms with E-state index in [1.807, 2.05) is 19.1 Å². The highest BCUT2D eigenvalue weighted by atomic mass is 79.9. The maximum Gasteiger partial charge on any atom is 0.335 e. The average molecular weight is 339 g/mol. The predicted molar refractivity (Wildman–Crippen MR) is 76.6 cm³/mol. The minimum Gasteiger partial charge on any atom is -0.489 e. The van der Waals surface area contributed by atoms with Crippen molar-refractivity contribution in [2.24, 2.45) is 0 Å². The van der Waals surface area contributed by atoms with Crippen LogP contribution in [-0.2, 0) is 6.61 Å². The highest BCUT2D eigenvalue weighted by molar-refractivity contribution is 9.10. The molecule has 0 saturated carbocycles. The molecule has 3 nitrogen and oxygen atoms in total.